The smallest absolute Gasteiger partial charge is 0.348 e. The molecule has 0 saturated carbocycles. The van der Waals surface area contributed by atoms with Crippen LogP contribution in [0.2, 0.25) is 0 Å². The molecule has 0 atom stereocenters. The van der Waals surface area contributed by atoms with E-state index in [2.05, 4.69) is 0 Å². The summed E-state index contributed by atoms with van der Waals surface area (Å²) in [5.41, 5.74) is 0. The minimum absolute atomic E-state index is 0.232. The Bertz CT molecular complexity index is 246. The van der Waals surface area contributed by atoms with Crippen LogP contribution in [0.15, 0.2) is 17.5 Å². The summed E-state index contributed by atoms with van der Waals surface area (Å²) in [4.78, 5) is 11.9. The molecule has 0 bridgehead atoms. The van der Waals surface area contributed by atoms with Gasteiger partial charge in [-0.1, -0.05) is 6.07 Å². The zero-order valence-electron chi connectivity index (χ0n) is 7.16. The molecule has 1 heterocycles. The number of esters is 1. The second-order valence-electron chi connectivity index (χ2n) is 2.51. The summed E-state index contributed by atoms with van der Waals surface area (Å²) in [5.74, 6) is 0.390. The van der Waals surface area contributed by atoms with Crippen LogP contribution in [0.4, 0.5) is 0 Å². The van der Waals surface area contributed by atoms with E-state index in [4.69, 9.17) is 16.3 Å². The van der Waals surface area contributed by atoms with Gasteiger partial charge < -0.3 is 4.74 Å². The Balaban J connectivity index is 2.19. The van der Waals surface area contributed by atoms with Gasteiger partial charge in [-0.05, 0) is 24.3 Å². The van der Waals surface area contributed by atoms with Gasteiger partial charge in [0.15, 0.2) is 0 Å². The van der Waals surface area contributed by atoms with Gasteiger partial charge >= 0.3 is 5.97 Å². The molecule has 1 rings (SSSR count). The SMILES string of the molecule is O=C(OCCCCCl)c1cccs1. The Morgan fingerprint density at radius 2 is 2.38 bits per heavy atom. The average Bonchev–Trinajstić information content (AvgIpc) is 2.65. The van der Waals surface area contributed by atoms with Crippen molar-refractivity contribution in [3.63, 3.8) is 0 Å². The van der Waals surface area contributed by atoms with Crippen molar-refractivity contribution in [1.29, 1.82) is 0 Å². The van der Waals surface area contributed by atoms with E-state index >= 15 is 0 Å². The topological polar surface area (TPSA) is 26.3 Å². The van der Waals surface area contributed by atoms with Crippen LogP contribution >= 0.6 is 22.9 Å². The van der Waals surface area contributed by atoms with E-state index in [0.717, 1.165) is 12.8 Å². The number of carbonyl (C=O) groups is 1. The third kappa shape index (κ3) is 3.79. The van der Waals surface area contributed by atoms with Crippen LogP contribution in [0, 0.1) is 0 Å². The van der Waals surface area contributed by atoms with E-state index in [0.29, 0.717) is 17.4 Å². The molecular weight excluding hydrogens is 208 g/mol. The van der Waals surface area contributed by atoms with Crippen LogP contribution in [-0.2, 0) is 4.74 Å². The fourth-order valence-electron chi connectivity index (χ4n) is 0.827. The number of alkyl halides is 1. The fraction of sp³-hybridized carbons (Fsp3) is 0.444. The van der Waals surface area contributed by atoms with Crippen molar-refractivity contribution in [2.75, 3.05) is 12.5 Å². The second-order valence-corrected chi connectivity index (χ2v) is 3.83. The summed E-state index contributed by atoms with van der Waals surface area (Å²) in [6.07, 6.45) is 1.72. The van der Waals surface area contributed by atoms with E-state index in [1.54, 1.807) is 6.07 Å². The Morgan fingerprint density at radius 3 is 3.00 bits per heavy atom. The zero-order valence-corrected chi connectivity index (χ0v) is 8.74. The molecule has 0 aromatic carbocycles. The highest BCUT2D eigenvalue weighted by Gasteiger charge is 2.06. The molecule has 13 heavy (non-hydrogen) atoms. The Morgan fingerprint density at radius 1 is 1.54 bits per heavy atom. The predicted molar refractivity (Wildman–Crippen MR) is 54.6 cm³/mol. The van der Waals surface area contributed by atoms with E-state index in [1.807, 2.05) is 11.4 Å². The number of hydrogen-bond donors (Lipinski definition) is 0. The summed E-state index contributed by atoms with van der Waals surface area (Å²) in [6.45, 7) is 0.462. The largest absolute Gasteiger partial charge is 0.462 e. The van der Waals surface area contributed by atoms with E-state index in [1.165, 1.54) is 11.3 Å². The van der Waals surface area contributed by atoms with Gasteiger partial charge in [0.05, 0.1) is 6.61 Å². The number of thiophene rings is 1. The minimum atomic E-state index is -0.232. The molecule has 0 spiro atoms. The van der Waals surface area contributed by atoms with Gasteiger partial charge in [0, 0.05) is 5.88 Å². The van der Waals surface area contributed by atoms with Crippen LogP contribution in [0.25, 0.3) is 0 Å². The van der Waals surface area contributed by atoms with Gasteiger partial charge in [0.1, 0.15) is 4.88 Å². The molecule has 0 N–H and O–H groups in total. The highest BCUT2D eigenvalue weighted by Crippen LogP contribution is 2.10. The predicted octanol–water partition coefficient (Wildman–Crippen LogP) is 2.92. The lowest BCUT2D eigenvalue weighted by Gasteiger charge is -2.00. The molecule has 1 aromatic rings. The lowest BCUT2D eigenvalue weighted by Crippen LogP contribution is -2.04. The zero-order chi connectivity index (χ0) is 9.52. The molecular formula is C9H11ClO2S. The van der Waals surface area contributed by atoms with Gasteiger partial charge in [-0.2, -0.15) is 0 Å². The normalized spacial score (nSPS) is 9.92. The lowest BCUT2D eigenvalue weighted by atomic mass is 10.3. The summed E-state index contributed by atoms with van der Waals surface area (Å²) < 4.78 is 5.00. The molecule has 0 aliphatic carbocycles. The minimum Gasteiger partial charge on any atom is -0.462 e. The maximum absolute atomic E-state index is 11.2. The standard InChI is InChI=1S/C9H11ClO2S/c10-5-1-2-6-12-9(11)8-4-3-7-13-8/h3-4,7H,1-2,5-6H2. The van der Waals surface area contributed by atoms with Crippen LogP contribution in [-0.4, -0.2) is 18.5 Å². The Labute approximate surface area is 86.5 Å². The Hall–Kier alpha value is -0.540. The first-order valence-electron chi connectivity index (χ1n) is 4.11. The van der Waals surface area contributed by atoms with Crippen molar-refractivity contribution in [2.45, 2.75) is 12.8 Å². The highest BCUT2D eigenvalue weighted by atomic mass is 35.5. The molecule has 0 aliphatic heterocycles. The molecule has 0 fully saturated rings. The van der Waals surface area contributed by atoms with Crippen LogP contribution < -0.4 is 0 Å². The van der Waals surface area contributed by atoms with Crippen LogP contribution in [0.5, 0.6) is 0 Å². The molecule has 0 radical (unpaired) electrons. The van der Waals surface area contributed by atoms with Gasteiger partial charge in [-0.3, -0.25) is 0 Å². The monoisotopic (exact) mass is 218 g/mol. The number of unbranched alkanes of at least 4 members (excludes halogenated alkanes) is 1. The summed E-state index contributed by atoms with van der Waals surface area (Å²) in [5, 5.41) is 1.86. The molecule has 4 heteroatoms. The van der Waals surface area contributed by atoms with E-state index < -0.39 is 0 Å². The summed E-state index contributed by atoms with van der Waals surface area (Å²) >= 11 is 6.87. The van der Waals surface area contributed by atoms with Crippen molar-refractivity contribution < 1.29 is 9.53 Å². The van der Waals surface area contributed by atoms with Crippen LogP contribution in [0.3, 0.4) is 0 Å². The number of halogens is 1. The van der Waals surface area contributed by atoms with E-state index in [-0.39, 0.29) is 5.97 Å². The maximum atomic E-state index is 11.2. The van der Waals surface area contributed by atoms with Gasteiger partial charge in [0.25, 0.3) is 0 Å². The first kappa shape index (κ1) is 10.5. The highest BCUT2D eigenvalue weighted by molar-refractivity contribution is 7.11. The molecule has 0 saturated heterocycles. The quantitative estimate of drug-likeness (QED) is 0.432. The second kappa shape index (κ2) is 6.00. The van der Waals surface area contributed by atoms with Crippen molar-refractivity contribution in [3.8, 4) is 0 Å². The molecule has 0 aliphatic rings. The van der Waals surface area contributed by atoms with Crippen molar-refractivity contribution in [2.24, 2.45) is 0 Å². The first-order chi connectivity index (χ1) is 6.34. The Kier molecular flexibility index (Phi) is 4.86. The molecule has 1 aromatic heterocycles. The van der Waals surface area contributed by atoms with Crippen molar-refractivity contribution in [3.05, 3.63) is 22.4 Å². The van der Waals surface area contributed by atoms with Gasteiger partial charge in [-0.15, -0.1) is 22.9 Å². The number of ether oxygens (including phenoxy) is 1. The van der Waals surface area contributed by atoms with Gasteiger partial charge in [0.2, 0.25) is 0 Å². The molecule has 0 amide bonds. The fourth-order valence-corrected chi connectivity index (χ4v) is 1.63. The van der Waals surface area contributed by atoms with Crippen molar-refractivity contribution in [1.82, 2.24) is 0 Å². The number of rotatable bonds is 5. The average molecular weight is 219 g/mol. The summed E-state index contributed by atoms with van der Waals surface area (Å²) in [7, 11) is 0. The first-order valence-corrected chi connectivity index (χ1v) is 5.52. The molecule has 2 nitrogen and oxygen atoms in total. The van der Waals surface area contributed by atoms with Crippen LogP contribution in [0.1, 0.15) is 22.5 Å². The van der Waals surface area contributed by atoms with Gasteiger partial charge in [-0.25, -0.2) is 4.79 Å². The van der Waals surface area contributed by atoms with E-state index in [9.17, 15) is 4.79 Å². The third-order valence-corrected chi connectivity index (χ3v) is 2.60. The third-order valence-electron chi connectivity index (χ3n) is 1.48. The molecule has 0 unspecified atom stereocenters. The number of carbonyl (C=O) groups excluding carboxylic acids is 1. The number of hydrogen-bond acceptors (Lipinski definition) is 3. The lowest BCUT2D eigenvalue weighted by molar-refractivity contribution is 0.0505. The summed E-state index contributed by atoms with van der Waals surface area (Å²) in [6, 6.07) is 3.59. The maximum Gasteiger partial charge on any atom is 0.348 e. The molecule has 72 valence electrons. The van der Waals surface area contributed by atoms with Crippen molar-refractivity contribution >= 4 is 28.9 Å².